The molecule has 2 rings (SSSR count). The van der Waals surface area contributed by atoms with E-state index >= 15 is 0 Å². The molecule has 2 N–H and O–H groups in total. The lowest BCUT2D eigenvalue weighted by molar-refractivity contribution is -0.137. The molecular weight excluding hydrogens is 180 g/mol. The minimum absolute atomic E-state index is 0.119. The molecule has 0 radical (unpaired) electrons. The quantitative estimate of drug-likeness (QED) is 0.704. The molecule has 2 fully saturated rings. The van der Waals surface area contributed by atoms with Crippen molar-refractivity contribution in [1.82, 2.24) is 4.90 Å². The maximum absolute atomic E-state index is 11.7. The Morgan fingerprint density at radius 1 is 1.29 bits per heavy atom. The van der Waals surface area contributed by atoms with Gasteiger partial charge in [0.05, 0.1) is 0 Å². The van der Waals surface area contributed by atoms with Crippen LogP contribution in [0.2, 0.25) is 0 Å². The normalized spacial score (nSPS) is 26.6. The molecule has 1 aliphatic carbocycles. The molecule has 1 heterocycles. The number of amides is 2. The van der Waals surface area contributed by atoms with Crippen LogP contribution in [0.15, 0.2) is 0 Å². The van der Waals surface area contributed by atoms with E-state index in [4.69, 9.17) is 5.73 Å². The third-order valence-electron chi connectivity index (χ3n) is 3.06. The molecule has 0 spiro atoms. The number of carbonyl (C=O) groups excluding carboxylic acids is 2. The molecule has 2 aliphatic rings. The SMILES string of the molecule is NC(=O)C1CCCN1C(=O)CC1CC1. The number of likely N-dealkylation sites (tertiary alicyclic amines) is 1. The average Bonchev–Trinajstić information content (AvgIpc) is 2.81. The number of rotatable bonds is 3. The van der Waals surface area contributed by atoms with Crippen LogP contribution in [0.4, 0.5) is 0 Å². The van der Waals surface area contributed by atoms with Crippen LogP contribution in [0.3, 0.4) is 0 Å². The molecule has 2 amide bonds. The molecule has 0 bridgehead atoms. The molecule has 4 heteroatoms. The third kappa shape index (κ3) is 1.89. The van der Waals surface area contributed by atoms with Crippen LogP contribution in [0, 0.1) is 5.92 Å². The van der Waals surface area contributed by atoms with E-state index in [9.17, 15) is 9.59 Å². The highest BCUT2D eigenvalue weighted by Gasteiger charge is 2.35. The smallest absolute Gasteiger partial charge is 0.240 e. The average molecular weight is 196 g/mol. The van der Waals surface area contributed by atoms with E-state index in [1.165, 1.54) is 12.8 Å². The fourth-order valence-electron chi connectivity index (χ4n) is 2.05. The summed E-state index contributed by atoms with van der Waals surface area (Å²) in [4.78, 5) is 24.4. The number of carbonyl (C=O) groups is 2. The molecule has 1 saturated heterocycles. The largest absolute Gasteiger partial charge is 0.368 e. The minimum Gasteiger partial charge on any atom is -0.368 e. The van der Waals surface area contributed by atoms with Crippen molar-refractivity contribution < 1.29 is 9.59 Å². The predicted octanol–water partition coefficient (Wildman–Crippen LogP) is 0.263. The molecule has 1 saturated carbocycles. The zero-order valence-corrected chi connectivity index (χ0v) is 8.24. The summed E-state index contributed by atoms with van der Waals surface area (Å²) in [6.45, 7) is 0.708. The Hall–Kier alpha value is -1.06. The Balaban J connectivity index is 1.93. The number of hydrogen-bond acceptors (Lipinski definition) is 2. The van der Waals surface area contributed by atoms with Crippen LogP contribution in [0.25, 0.3) is 0 Å². The van der Waals surface area contributed by atoms with E-state index in [2.05, 4.69) is 0 Å². The summed E-state index contributed by atoms with van der Waals surface area (Å²) >= 11 is 0. The van der Waals surface area contributed by atoms with Crippen LogP contribution in [-0.2, 0) is 9.59 Å². The summed E-state index contributed by atoms with van der Waals surface area (Å²) in [5.74, 6) is 0.345. The summed E-state index contributed by atoms with van der Waals surface area (Å²) in [7, 11) is 0. The van der Waals surface area contributed by atoms with E-state index in [1.807, 2.05) is 0 Å². The Kier molecular flexibility index (Phi) is 2.44. The second kappa shape index (κ2) is 3.59. The van der Waals surface area contributed by atoms with Crippen molar-refractivity contribution in [3.63, 3.8) is 0 Å². The van der Waals surface area contributed by atoms with Gasteiger partial charge in [0.1, 0.15) is 6.04 Å². The molecule has 78 valence electrons. The summed E-state index contributed by atoms with van der Waals surface area (Å²) in [5.41, 5.74) is 5.24. The molecule has 1 unspecified atom stereocenters. The third-order valence-corrected chi connectivity index (χ3v) is 3.06. The Bertz CT molecular complexity index is 261. The Morgan fingerprint density at radius 3 is 2.57 bits per heavy atom. The minimum atomic E-state index is -0.355. The Morgan fingerprint density at radius 2 is 2.00 bits per heavy atom. The van der Waals surface area contributed by atoms with Crippen LogP contribution in [0.1, 0.15) is 32.1 Å². The molecule has 0 aromatic heterocycles. The first-order valence-electron chi connectivity index (χ1n) is 5.27. The van der Waals surface area contributed by atoms with E-state index in [1.54, 1.807) is 4.90 Å². The van der Waals surface area contributed by atoms with Crippen LogP contribution >= 0.6 is 0 Å². The van der Waals surface area contributed by atoms with Crippen LogP contribution < -0.4 is 5.73 Å². The second-order valence-corrected chi connectivity index (χ2v) is 4.30. The van der Waals surface area contributed by atoms with Crippen molar-refractivity contribution in [2.24, 2.45) is 11.7 Å². The fourth-order valence-corrected chi connectivity index (χ4v) is 2.05. The van der Waals surface area contributed by atoms with Gasteiger partial charge in [-0.25, -0.2) is 0 Å². The van der Waals surface area contributed by atoms with E-state index < -0.39 is 0 Å². The molecule has 1 atom stereocenters. The standard InChI is InChI=1S/C10H16N2O2/c11-10(14)8-2-1-5-12(8)9(13)6-7-3-4-7/h7-8H,1-6H2,(H2,11,14). The van der Waals surface area contributed by atoms with Gasteiger partial charge in [0.25, 0.3) is 0 Å². The van der Waals surface area contributed by atoms with Gasteiger partial charge in [0.15, 0.2) is 0 Å². The first-order chi connectivity index (χ1) is 6.68. The first-order valence-corrected chi connectivity index (χ1v) is 5.27. The predicted molar refractivity (Wildman–Crippen MR) is 51.3 cm³/mol. The summed E-state index contributed by atoms with van der Waals surface area (Å²) < 4.78 is 0. The van der Waals surface area contributed by atoms with E-state index in [-0.39, 0.29) is 17.9 Å². The van der Waals surface area contributed by atoms with Gasteiger partial charge in [-0.15, -0.1) is 0 Å². The lowest BCUT2D eigenvalue weighted by atomic mass is 10.2. The molecule has 14 heavy (non-hydrogen) atoms. The van der Waals surface area contributed by atoms with Crippen molar-refractivity contribution in [2.45, 2.75) is 38.1 Å². The lowest BCUT2D eigenvalue weighted by Gasteiger charge is -2.21. The maximum atomic E-state index is 11.7. The van der Waals surface area contributed by atoms with E-state index in [0.717, 1.165) is 12.8 Å². The Labute approximate surface area is 83.4 Å². The van der Waals surface area contributed by atoms with Gasteiger partial charge in [-0.3, -0.25) is 9.59 Å². The molecule has 0 aromatic carbocycles. The maximum Gasteiger partial charge on any atom is 0.240 e. The number of primary amides is 1. The fraction of sp³-hybridized carbons (Fsp3) is 0.800. The molecule has 1 aliphatic heterocycles. The number of hydrogen-bond donors (Lipinski definition) is 1. The second-order valence-electron chi connectivity index (χ2n) is 4.30. The molecule has 0 aromatic rings. The van der Waals surface area contributed by atoms with Crippen molar-refractivity contribution in [2.75, 3.05) is 6.54 Å². The highest BCUT2D eigenvalue weighted by molar-refractivity contribution is 5.87. The molecular formula is C10H16N2O2. The lowest BCUT2D eigenvalue weighted by Crippen LogP contribution is -2.43. The van der Waals surface area contributed by atoms with Gasteiger partial charge in [0.2, 0.25) is 11.8 Å². The number of nitrogens with two attached hydrogens (primary N) is 1. The topological polar surface area (TPSA) is 63.4 Å². The summed E-state index contributed by atoms with van der Waals surface area (Å²) in [5, 5.41) is 0. The highest BCUT2D eigenvalue weighted by atomic mass is 16.2. The van der Waals surface area contributed by atoms with Crippen molar-refractivity contribution in [3.05, 3.63) is 0 Å². The zero-order chi connectivity index (χ0) is 10.1. The van der Waals surface area contributed by atoms with Crippen LogP contribution in [-0.4, -0.2) is 29.3 Å². The van der Waals surface area contributed by atoms with Crippen molar-refractivity contribution in [3.8, 4) is 0 Å². The monoisotopic (exact) mass is 196 g/mol. The summed E-state index contributed by atoms with van der Waals surface area (Å²) in [6.07, 6.45) is 4.60. The first kappa shape index (κ1) is 9.49. The molecule has 4 nitrogen and oxygen atoms in total. The van der Waals surface area contributed by atoms with Crippen molar-refractivity contribution >= 4 is 11.8 Å². The summed E-state index contributed by atoms with van der Waals surface area (Å²) in [6, 6.07) is -0.332. The number of nitrogens with zero attached hydrogens (tertiary/aromatic N) is 1. The van der Waals surface area contributed by atoms with Crippen molar-refractivity contribution in [1.29, 1.82) is 0 Å². The van der Waals surface area contributed by atoms with Gasteiger partial charge in [-0.05, 0) is 31.6 Å². The van der Waals surface area contributed by atoms with Crippen LogP contribution in [0.5, 0.6) is 0 Å². The van der Waals surface area contributed by atoms with Gasteiger partial charge in [-0.1, -0.05) is 0 Å². The van der Waals surface area contributed by atoms with Gasteiger partial charge >= 0.3 is 0 Å². The van der Waals surface area contributed by atoms with Gasteiger partial charge in [-0.2, -0.15) is 0 Å². The van der Waals surface area contributed by atoms with E-state index in [0.29, 0.717) is 18.9 Å². The zero-order valence-electron chi connectivity index (χ0n) is 8.24. The van der Waals surface area contributed by atoms with Gasteiger partial charge < -0.3 is 10.6 Å². The highest BCUT2D eigenvalue weighted by Crippen LogP contribution is 2.33. The van der Waals surface area contributed by atoms with Gasteiger partial charge in [0, 0.05) is 13.0 Å².